The first kappa shape index (κ1) is 11.4. The highest BCUT2D eigenvalue weighted by Gasteiger charge is 2.14. The largest absolute Gasteiger partial charge is 0.298 e. The van der Waals surface area contributed by atoms with E-state index >= 15 is 0 Å². The third kappa shape index (κ3) is 1.81. The molecule has 2 nitrogen and oxygen atoms in total. The summed E-state index contributed by atoms with van der Waals surface area (Å²) >= 11 is 9.88. The predicted molar refractivity (Wildman–Crippen MR) is 60.5 cm³/mol. The number of rotatable bonds is 1. The van der Waals surface area contributed by atoms with E-state index in [0.29, 0.717) is 10.7 Å². The van der Waals surface area contributed by atoms with Crippen LogP contribution in [0.2, 0.25) is 5.02 Å². The summed E-state index contributed by atoms with van der Waals surface area (Å²) in [6.07, 6.45) is 1.39. The van der Waals surface area contributed by atoms with Crippen molar-refractivity contribution in [2.24, 2.45) is 0 Å². The van der Waals surface area contributed by atoms with Gasteiger partial charge in [0.2, 0.25) is 0 Å². The number of benzene rings is 1. The number of hydrogen-bond acceptors (Lipinski definition) is 2. The molecule has 6 heteroatoms. The van der Waals surface area contributed by atoms with Gasteiger partial charge in [0.15, 0.2) is 5.82 Å². The molecule has 0 fully saturated rings. The van der Waals surface area contributed by atoms with Gasteiger partial charge in [-0.25, -0.2) is 13.8 Å². The van der Waals surface area contributed by atoms with Crippen LogP contribution in [0.5, 0.6) is 0 Å². The van der Waals surface area contributed by atoms with Gasteiger partial charge in [0.1, 0.15) is 22.9 Å². The van der Waals surface area contributed by atoms with E-state index in [1.54, 1.807) is 6.92 Å². The van der Waals surface area contributed by atoms with Crippen LogP contribution in [0.4, 0.5) is 8.78 Å². The molecule has 0 spiro atoms. The number of hydrogen-bond donors (Lipinski definition) is 1. The van der Waals surface area contributed by atoms with Gasteiger partial charge in [-0.15, -0.1) is 12.6 Å². The molecule has 84 valence electrons. The Kier molecular flexibility index (Phi) is 2.90. The monoisotopic (exact) mass is 260 g/mol. The van der Waals surface area contributed by atoms with Gasteiger partial charge in [-0.05, 0) is 13.0 Å². The van der Waals surface area contributed by atoms with Gasteiger partial charge in [0.05, 0.1) is 10.7 Å². The van der Waals surface area contributed by atoms with Crippen LogP contribution in [0.25, 0.3) is 5.69 Å². The molecule has 0 amide bonds. The Bertz CT molecular complexity index is 531. The van der Waals surface area contributed by atoms with Gasteiger partial charge in [-0.3, -0.25) is 4.57 Å². The second-order valence-corrected chi connectivity index (χ2v) is 4.07. The summed E-state index contributed by atoms with van der Waals surface area (Å²) in [5.74, 6) is -1.45. The lowest BCUT2D eigenvalue weighted by molar-refractivity contribution is 0.577. The SMILES string of the molecule is Cc1c(S)ncn1-c1c(F)cc(F)cc1Cl. The fourth-order valence-electron chi connectivity index (χ4n) is 1.39. The Hall–Kier alpha value is -1.07. The maximum atomic E-state index is 13.6. The van der Waals surface area contributed by atoms with E-state index in [9.17, 15) is 8.78 Å². The van der Waals surface area contributed by atoms with E-state index in [-0.39, 0.29) is 10.7 Å². The molecule has 16 heavy (non-hydrogen) atoms. The zero-order valence-corrected chi connectivity index (χ0v) is 9.86. The molecule has 0 saturated carbocycles. The molecule has 0 aliphatic rings. The van der Waals surface area contributed by atoms with Gasteiger partial charge in [0, 0.05) is 6.07 Å². The number of thiol groups is 1. The molecule has 2 aromatic rings. The van der Waals surface area contributed by atoms with E-state index < -0.39 is 11.6 Å². The number of halogens is 3. The van der Waals surface area contributed by atoms with E-state index in [4.69, 9.17) is 11.6 Å². The Labute approximate surface area is 101 Å². The van der Waals surface area contributed by atoms with Crippen LogP contribution in [0.3, 0.4) is 0 Å². The Morgan fingerprint density at radius 1 is 1.38 bits per heavy atom. The summed E-state index contributed by atoms with van der Waals surface area (Å²) < 4.78 is 27.9. The lowest BCUT2D eigenvalue weighted by Gasteiger charge is -2.09. The molecule has 0 saturated heterocycles. The average Bonchev–Trinajstić information content (AvgIpc) is 2.48. The van der Waals surface area contributed by atoms with E-state index in [1.165, 1.54) is 10.9 Å². The van der Waals surface area contributed by atoms with Crippen LogP contribution in [-0.4, -0.2) is 9.55 Å². The van der Waals surface area contributed by atoms with Crippen molar-refractivity contribution in [2.75, 3.05) is 0 Å². The van der Waals surface area contributed by atoms with E-state index in [0.717, 1.165) is 12.1 Å². The van der Waals surface area contributed by atoms with Gasteiger partial charge in [0.25, 0.3) is 0 Å². The lowest BCUT2D eigenvalue weighted by atomic mass is 10.3. The maximum absolute atomic E-state index is 13.6. The summed E-state index contributed by atoms with van der Waals surface area (Å²) in [7, 11) is 0. The van der Waals surface area contributed by atoms with Crippen molar-refractivity contribution in [3.8, 4) is 5.69 Å². The number of imidazole rings is 1. The molecule has 0 bridgehead atoms. The molecule has 0 aliphatic heterocycles. The van der Waals surface area contributed by atoms with Crippen LogP contribution in [0.15, 0.2) is 23.5 Å². The summed E-state index contributed by atoms with van der Waals surface area (Å²) in [5, 5.41) is 0.464. The van der Waals surface area contributed by atoms with Crippen LogP contribution in [0.1, 0.15) is 5.69 Å². The standard InChI is InChI=1S/C10H7ClF2N2S/c1-5-10(16)14-4-15(5)9-7(11)2-6(12)3-8(9)13/h2-4,16H,1H3. The Balaban J connectivity index is 2.69. The van der Waals surface area contributed by atoms with Crippen LogP contribution < -0.4 is 0 Å². The Morgan fingerprint density at radius 2 is 2.06 bits per heavy atom. The molecule has 2 rings (SSSR count). The molecule has 0 unspecified atom stereocenters. The summed E-state index contributed by atoms with van der Waals surface area (Å²) in [6, 6.07) is 1.83. The third-order valence-electron chi connectivity index (χ3n) is 2.20. The zero-order chi connectivity index (χ0) is 11.9. The lowest BCUT2D eigenvalue weighted by Crippen LogP contribution is -2.00. The van der Waals surface area contributed by atoms with E-state index in [2.05, 4.69) is 17.6 Å². The van der Waals surface area contributed by atoms with E-state index in [1.807, 2.05) is 0 Å². The van der Waals surface area contributed by atoms with Gasteiger partial charge < -0.3 is 0 Å². The van der Waals surface area contributed by atoms with Gasteiger partial charge in [-0.2, -0.15) is 0 Å². The fourth-order valence-corrected chi connectivity index (χ4v) is 1.84. The zero-order valence-electron chi connectivity index (χ0n) is 8.21. The summed E-state index contributed by atoms with van der Waals surface area (Å²) in [6.45, 7) is 1.72. The highest BCUT2D eigenvalue weighted by molar-refractivity contribution is 7.80. The van der Waals surface area contributed by atoms with Crippen molar-refractivity contribution in [1.82, 2.24) is 9.55 Å². The molecule has 1 aromatic heterocycles. The van der Waals surface area contributed by atoms with Crippen molar-refractivity contribution >= 4 is 24.2 Å². The second-order valence-electron chi connectivity index (χ2n) is 3.24. The first-order chi connectivity index (χ1) is 7.50. The van der Waals surface area contributed by atoms with Gasteiger partial charge in [-0.1, -0.05) is 11.6 Å². The predicted octanol–water partition coefficient (Wildman–Crippen LogP) is 3.40. The molecule has 0 aliphatic carbocycles. The average molecular weight is 261 g/mol. The fraction of sp³-hybridized carbons (Fsp3) is 0.100. The van der Waals surface area contributed by atoms with Crippen molar-refractivity contribution in [2.45, 2.75) is 11.9 Å². The minimum absolute atomic E-state index is 0.00802. The smallest absolute Gasteiger partial charge is 0.151 e. The van der Waals surface area contributed by atoms with Gasteiger partial charge >= 0.3 is 0 Å². The normalized spacial score (nSPS) is 10.8. The van der Waals surface area contributed by atoms with Crippen molar-refractivity contribution < 1.29 is 8.78 Å². The third-order valence-corrected chi connectivity index (χ3v) is 2.93. The molecule has 0 N–H and O–H groups in total. The first-order valence-electron chi connectivity index (χ1n) is 4.38. The molecule has 1 heterocycles. The number of aromatic nitrogens is 2. The van der Waals surface area contributed by atoms with Crippen molar-refractivity contribution in [1.29, 1.82) is 0 Å². The highest BCUT2D eigenvalue weighted by atomic mass is 35.5. The van der Waals surface area contributed by atoms with Crippen LogP contribution in [0, 0.1) is 18.6 Å². The quantitative estimate of drug-likeness (QED) is 0.778. The van der Waals surface area contributed by atoms with Crippen molar-refractivity contribution in [3.05, 3.63) is 40.8 Å². The van der Waals surface area contributed by atoms with Crippen molar-refractivity contribution in [3.63, 3.8) is 0 Å². The van der Waals surface area contributed by atoms with Crippen LogP contribution >= 0.6 is 24.2 Å². The molecular formula is C10H7ClF2N2S. The van der Waals surface area contributed by atoms with Crippen LogP contribution in [-0.2, 0) is 0 Å². The minimum atomic E-state index is -0.737. The summed E-state index contributed by atoms with van der Waals surface area (Å²) in [4.78, 5) is 3.91. The minimum Gasteiger partial charge on any atom is -0.298 e. The topological polar surface area (TPSA) is 17.8 Å². The summed E-state index contributed by atoms with van der Waals surface area (Å²) in [5.41, 5.74) is 0.712. The molecular weight excluding hydrogens is 254 g/mol. The molecule has 0 radical (unpaired) electrons. The highest BCUT2D eigenvalue weighted by Crippen LogP contribution is 2.27. The number of nitrogens with zero attached hydrogens (tertiary/aromatic N) is 2. The maximum Gasteiger partial charge on any atom is 0.151 e. The molecule has 1 aromatic carbocycles. The second kappa shape index (κ2) is 4.07. The molecule has 0 atom stereocenters. The Morgan fingerprint density at radius 3 is 2.56 bits per heavy atom. The first-order valence-corrected chi connectivity index (χ1v) is 5.21.